The van der Waals surface area contributed by atoms with Crippen LogP contribution in [0.2, 0.25) is 0 Å². The lowest BCUT2D eigenvalue weighted by atomic mass is 10.2. The number of aromatic nitrogens is 3. The van der Waals surface area contributed by atoms with Gasteiger partial charge in [0.1, 0.15) is 6.33 Å². The van der Waals surface area contributed by atoms with Gasteiger partial charge in [-0.05, 0) is 43.8 Å². The van der Waals surface area contributed by atoms with Crippen LogP contribution in [0.1, 0.15) is 12.6 Å². The van der Waals surface area contributed by atoms with Crippen LogP contribution in [0.25, 0.3) is 10.9 Å². The number of fused-ring (bicyclic) bond motifs is 1. The van der Waals surface area contributed by atoms with Crippen LogP contribution in [-0.4, -0.2) is 52.2 Å². The highest BCUT2D eigenvalue weighted by atomic mass is 19.1. The van der Waals surface area contributed by atoms with Crippen LogP contribution in [-0.2, 0) is 7.05 Å². The molecule has 0 amide bonds. The van der Waals surface area contributed by atoms with Crippen molar-refractivity contribution in [1.29, 1.82) is 0 Å². The Kier molecular flexibility index (Phi) is 6.44. The number of hydrogen-bond donors (Lipinski definition) is 1. The molecule has 0 radical (unpaired) electrons. The maximum Gasteiger partial charge on any atom is 0.261 e. The summed E-state index contributed by atoms with van der Waals surface area (Å²) in [7, 11) is 1.64. The average molecular weight is 497 g/mol. The number of benzene rings is 2. The van der Waals surface area contributed by atoms with Gasteiger partial charge in [0.05, 0.1) is 5.52 Å². The molecule has 0 saturated carbocycles. The molecule has 2 aromatic carbocycles. The summed E-state index contributed by atoms with van der Waals surface area (Å²) in [5.41, 5.74) is 2.49. The van der Waals surface area contributed by atoms with Crippen LogP contribution in [0, 0.1) is 24.4 Å². The van der Waals surface area contributed by atoms with E-state index in [1.54, 1.807) is 18.5 Å². The predicted octanol–water partition coefficient (Wildman–Crippen LogP) is 5.37. The molecule has 0 bridgehead atoms. The quantitative estimate of drug-likeness (QED) is 0.387. The third-order valence-corrected chi connectivity index (χ3v) is 6.69. The number of ether oxygens (including phenoxy) is 1. The second kappa shape index (κ2) is 9.69. The summed E-state index contributed by atoms with van der Waals surface area (Å²) < 4.78 is 51.8. The van der Waals surface area contributed by atoms with Crippen LogP contribution in [0.3, 0.4) is 0 Å². The maximum atomic E-state index is 15.2. The van der Waals surface area contributed by atoms with E-state index >= 15 is 8.78 Å². The van der Waals surface area contributed by atoms with E-state index in [2.05, 4.69) is 32.0 Å². The van der Waals surface area contributed by atoms with E-state index in [0.29, 0.717) is 11.4 Å². The first kappa shape index (κ1) is 23.9. The lowest BCUT2D eigenvalue weighted by Gasteiger charge is -2.35. The molecule has 7 nitrogen and oxygen atoms in total. The van der Waals surface area contributed by atoms with Crippen molar-refractivity contribution in [2.45, 2.75) is 13.8 Å². The second-order valence-electron chi connectivity index (χ2n) is 8.81. The van der Waals surface area contributed by atoms with Crippen molar-refractivity contribution in [3.63, 3.8) is 0 Å². The molecule has 0 atom stereocenters. The molecule has 4 aromatic rings. The third kappa shape index (κ3) is 4.44. The van der Waals surface area contributed by atoms with Gasteiger partial charge in [-0.25, -0.2) is 13.8 Å². The number of likely N-dealkylation sites (N-methyl/N-ethyl adjacent to an activating group) is 1. The Bertz CT molecular complexity index is 1400. The number of nitrogens with one attached hydrogen (secondary N) is 1. The summed E-state index contributed by atoms with van der Waals surface area (Å²) in [6.45, 7) is 8.89. The van der Waals surface area contributed by atoms with Gasteiger partial charge in [0.2, 0.25) is 5.82 Å². The molecule has 1 fully saturated rings. The Balaban J connectivity index is 1.34. The fourth-order valence-electron chi connectivity index (χ4n) is 4.47. The fourth-order valence-corrected chi connectivity index (χ4v) is 4.47. The smallest absolute Gasteiger partial charge is 0.261 e. The number of hydrogen-bond acceptors (Lipinski definition) is 6. The minimum Gasteiger partial charge on any atom is -0.433 e. The lowest BCUT2D eigenvalue weighted by Crippen LogP contribution is -2.46. The third-order valence-electron chi connectivity index (χ3n) is 6.69. The Hall–Kier alpha value is -3.79. The normalized spacial score (nSPS) is 14.4. The van der Waals surface area contributed by atoms with Gasteiger partial charge in [0.25, 0.3) is 5.88 Å². The van der Waals surface area contributed by atoms with Crippen LogP contribution >= 0.6 is 0 Å². The second-order valence-corrected chi connectivity index (χ2v) is 8.81. The van der Waals surface area contributed by atoms with Gasteiger partial charge in [0, 0.05) is 61.7 Å². The lowest BCUT2D eigenvalue weighted by molar-refractivity contribution is 0.271. The SMILES string of the molecule is CCN1CCN(c2ccc(Nc3ncnc(Oc4cc(F)c5c(cc(C)n5C)c4F)c3F)cc2)CC1. The molecular formula is C26H27F3N6O. The van der Waals surface area contributed by atoms with Crippen molar-refractivity contribution in [2.75, 3.05) is 42.9 Å². The van der Waals surface area contributed by atoms with E-state index in [4.69, 9.17) is 4.74 Å². The van der Waals surface area contributed by atoms with Crippen LogP contribution < -0.4 is 15.0 Å². The van der Waals surface area contributed by atoms with E-state index in [0.717, 1.165) is 50.8 Å². The zero-order valence-electron chi connectivity index (χ0n) is 20.4. The van der Waals surface area contributed by atoms with Crippen LogP contribution in [0.4, 0.5) is 30.4 Å². The molecule has 0 spiro atoms. The minimum absolute atomic E-state index is 0.0500. The van der Waals surface area contributed by atoms with Gasteiger partial charge < -0.3 is 24.4 Å². The number of anilines is 3. The summed E-state index contributed by atoms with van der Waals surface area (Å²) in [6, 6.07) is 10.0. The number of piperazine rings is 1. The van der Waals surface area contributed by atoms with E-state index in [1.165, 1.54) is 6.07 Å². The topological polar surface area (TPSA) is 58.4 Å². The first-order chi connectivity index (χ1) is 17.4. The largest absolute Gasteiger partial charge is 0.433 e. The van der Waals surface area contributed by atoms with Crippen LogP contribution in [0.15, 0.2) is 42.7 Å². The molecule has 3 heterocycles. The number of halogens is 3. The molecular weight excluding hydrogens is 469 g/mol. The molecule has 1 aliphatic rings. The predicted molar refractivity (Wildman–Crippen MR) is 134 cm³/mol. The van der Waals surface area contributed by atoms with Gasteiger partial charge in [-0.3, -0.25) is 0 Å². The summed E-state index contributed by atoms with van der Waals surface area (Å²) in [4.78, 5) is 12.4. The van der Waals surface area contributed by atoms with Gasteiger partial charge in [-0.15, -0.1) is 0 Å². The Morgan fingerprint density at radius 3 is 2.39 bits per heavy atom. The minimum atomic E-state index is -0.915. The van der Waals surface area contributed by atoms with E-state index in [1.807, 2.05) is 24.3 Å². The molecule has 188 valence electrons. The zero-order valence-corrected chi connectivity index (χ0v) is 20.4. The molecule has 0 aliphatic carbocycles. The van der Waals surface area contributed by atoms with Crippen molar-refractivity contribution in [2.24, 2.45) is 7.05 Å². The van der Waals surface area contributed by atoms with Gasteiger partial charge in [-0.2, -0.15) is 9.37 Å². The van der Waals surface area contributed by atoms with Crippen molar-refractivity contribution in [3.05, 3.63) is 65.9 Å². The first-order valence-electron chi connectivity index (χ1n) is 11.8. The molecule has 0 unspecified atom stereocenters. The average Bonchev–Trinajstić information content (AvgIpc) is 3.20. The van der Waals surface area contributed by atoms with Crippen molar-refractivity contribution < 1.29 is 17.9 Å². The fraction of sp³-hybridized carbons (Fsp3) is 0.308. The maximum absolute atomic E-state index is 15.2. The molecule has 36 heavy (non-hydrogen) atoms. The molecule has 5 rings (SSSR count). The van der Waals surface area contributed by atoms with E-state index in [-0.39, 0.29) is 16.7 Å². The standard InChI is InChI=1S/C26H27F3N6O/c1-4-34-9-11-35(12-10-34)18-7-5-17(6-8-18)32-25-23(29)26(31-15-30-25)36-21-14-20(27)24-19(22(21)28)13-16(2)33(24)3/h5-8,13-15H,4,9-12H2,1-3H3,(H,30,31,32). The monoisotopic (exact) mass is 496 g/mol. The summed E-state index contributed by atoms with van der Waals surface area (Å²) in [5, 5.41) is 2.96. The number of nitrogens with zero attached hydrogens (tertiary/aromatic N) is 5. The number of aryl methyl sites for hydroxylation is 2. The summed E-state index contributed by atoms with van der Waals surface area (Å²) in [6.07, 6.45) is 1.10. The van der Waals surface area contributed by atoms with Crippen LogP contribution in [0.5, 0.6) is 11.6 Å². The molecule has 10 heteroatoms. The van der Waals surface area contributed by atoms with Crippen molar-refractivity contribution >= 4 is 28.1 Å². The van der Waals surface area contributed by atoms with Crippen molar-refractivity contribution in [1.82, 2.24) is 19.4 Å². The molecule has 1 N–H and O–H groups in total. The molecule has 2 aromatic heterocycles. The summed E-state index contributed by atoms with van der Waals surface area (Å²) in [5.74, 6) is -3.49. The highest BCUT2D eigenvalue weighted by Gasteiger charge is 2.21. The summed E-state index contributed by atoms with van der Waals surface area (Å²) >= 11 is 0. The highest BCUT2D eigenvalue weighted by Crippen LogP contribution is 2.35. The Morgan fingerprint density at radius 2 is 1.69 bits per heavy atom. The molecule has 1 saturated heterocycles. The van der Waals surface area contributed by atoms with Gasteiger partial charge in [-0.1, -0.05) is 6.92 Å². The molecule has 1 aliphatic heterocycles. The van der Waals surface area contributed by atoms with Gasteiger partial charge >= 0.3 is 0 Å². The van der Waals surface area contributed by atoms with E-state index < -0.39 is 29.1 Å². The Morgan fingerprint density at radius 1 is 0.972 bits per heavy atom. The van der Waals surface area contributed by atoms with Crippen molar-refractivity contribution in [3.8, 4) is 11.6 Å². The van der Waals surface area contributed by atoms with Gasteiger partial charge in [0.15, 0.2) is 23.2 Å². The Labute approximate surface area is 207 Å². The highest BCUT2D eigenvalue weighted by molar-refractivity contribution is 5.84. The zero-order chi connectivity index (χ0) is 25.4. The number of rotatable bonds is 6. The first-order valence-corrected chi connectivity index (χ1v) is 11.8. The van der Waals surface area contributed by atoms with E-state index in [9.17, 15) is 4.39 Å².